The average molecular weight is 293 g/mol. The molecule has 1 saturated carbocycles. The lowest BCUT2D eigenvalue weighted by atomic mass is 9.75. The molecule has 0 radical (unpaired) electrons. The minimum Gasteiger partial charge on any atom is -0.351 e. The zero-order chi connectivity index (χ0) is 15.6. The highest BCUT2D eigenvalue weighted by atomic mass is 16.6. The van der Waals surface area contributed by atoms with Crippen molar-refractivity contribution in [3.63, 3.8) is 0 Å². The van der Waals surface area contributed by atoms with E-state index in [0.29, 0.717) is 17.1 Å². The molecule has 1 aliphatic carbocycles. The Morgan fingerprint density at radius 3 is 2.57 bits per heavy atom. The predicted octanol–water partition coefficient (Wildman–Crippen LogP) is 2.68. The van der Waals surface area contributed by atoms with Crippen LogP contribution in [0.1, 0.15) is 39.5 Å². The van der Waals surface area contributed by atoms with Crippen LogP contribution in [-0.4, -0.2) is 23.0 Å². The van der Waals surface area contributed by atoms with Gasteiger partial charge in [-0.2, -0.15) is 0 Å². The van der Waals surface area contributed by atoms with Crippen LogP contribution in [0, 0.1) is 15.5 Å². The highest BCUT2D eigenvalue weighted by Gasteiger charge is 2.31. The zero-order valence-corrected chi connectivity index (χ0v) is 12.8. The summed E-state index contributed by atoms with van der Waals surface area (Å²) < 4.78 is 0. The number of nitrogens with zero attached hydrogens (tertiary/aromatic N) is 3. The van der Waals surface area contributed by atoms with Gasteiger partial charge in [0.25, 0.3) is 0 Å². The lowest BCUT2D eigenvalue weighted by Gasteiger charge is -2.38. The second-order valence-corrected chi connectivity index (χ2v) is 6.45. The minimum atomic E-state index is -0.397. The Balaban J connectivity index is 2.25. The summed E-state index contributed by atoms with van der Waals surface area (Å²) in [5.74, 6) is 6.16. The monoisotopic (exact) mass is 293 g/mol. The second kappa shape index (κ2) is 5.85. The standard InChI is InChI=1S/C14H23N5O2/c1-14(2)8-6-10(7-9-14)18(3)13-11(19(20)21)4-5-12(16-13)17-15/h4-5,10H,6-9,15H2,1-3H3,(H,16,17). The SMILES string of the molecule is CN(c1nc(NN)ccc1[N+](=O)[O-])C1CCC(C)(C)CC1. The number of pyridine rings is 1. The fourth-order valence-electron chi connectivity index (χ4n) is 2.87. The Morgan fingerprint density at radius 1 is 1.43 bits per heavy atom. The van der Waals surface area contributed by atoms with E-state index >= 15 is 0 Å². The van der Waals surface area contributed by atoms with E-state index in [4.69, 9.17) is 5.84 Å². The van der Waals surface area contributed by atoms with Gasteiger partial charge in [-0.05, 0) is 37.2 Å². The molecule has 3 N–H and O–H groups in total. The number of nitro groups is 1. The molecule has 1 aromatic heterocycles. The summed E-state index contributed by atoms with van der Waals surface area (Å²) in [6.45, 7) is 4.53. The number of aromatic nitrogens is 1. The molecule has 1 heterocycles. The van der Waals surface area contributed by atoms with Gasteiger partial charge in [0, 0.05) is 19.2 Å². The molecule has 0 aromatic carbocycles. The predicted molar refractivity (Wildman–Crippen MR) is 83.1 cm³/mol. The van der Waals surface area contributed by atoms with Crippen LogP contribution in [-0.2, 0) is 0 Å². The molecular formula is C14H23N5O2. The summed E-state index contributed by atoms with van der Waals surface area (Å²) in [5, 5.41) is 11.2. The maximum Gasteiger partial charge on any atom is 0.311 e. The van der Waals surface area contributed by atoms with Crippen LogP contribution >= 0.6 is 0 Å². The number of hydrazine groups is 1. The molecule has 7 nitrogen and oxygen atoms in total. The average Bonchev–Trinajstić information content (AvgIpc) is 2.45. The van der Waals surface area contributed by atoms with Gasteiger partial charge in [0.05, 0.1) is 4.92 Å². The van der Waals surface area contributed by atoms with Gasteiger partial charge in [-0.25, -0.2) is 10.8 Å². The van der Waals surface area contributed by atoms with E-state index in [1.54, 1.807) is 0 Å². The summed E-state index contributed by atoms with van der Waals surface area (Å²) in [6.07, 6.45) is 4.26. The second-order valence-electron chi connectivity index (χ2n) is 6.45. The van der Waals surface area contributed by atoms with E-state index in [1.807, 2.05) is 11.9 Å². The number of rotatable bonds is 4. The first-order valence-electron chi connectivity index (χ1n) is 7.19. The van der Waals surface area contributed by atoms with Crippen molar-refractivity contribution in [1.29, 1.82) is 0 Å². The molecule has 1 fully saturated rings. The largest absolute Gasteiger partial charge is 0.351 e. The highest BCUT2D eigenvalue weighted by molar-refractivity contribution is 5.61. The summed E-state index contributed by atoms with van der Waals surface area (Å²) in [6, 6.07) is 3.23. The van der Waals surface area contributed by atoms with E-state index < -0.39 is 4.92 Å². The van der Waals surface area contributed by atoms with Gasteiger partial charge in [-0.3, -0.25) is 10.1 Å². The van der Waals surface area contributed by atoms with Crippen molar-refractivity contribution in [3.05, 3.63) is 22.2 Å². The quantitative estimate of drug-likeness (QED) is 0.503. The Morgan fingerprint density at radius 2 is 2.05 bits per heavy atom. The highest BCUT2D eigenvalue weighted by Crippen LogP contribution is 2.39. The van der Waals surface area contributed by atoms with E-state index in [1.165, 1.54) is 12.1 Å². The van der Waals surface area contributed by atoms with Crippen LogP contribution in [0.4, 0.5) is 17.3 Å². The first-order chi connectivity index (χ1) is 9.84. The molecule has 116 valence electrons. The maximum atomic E-state index is 11.2. The van der Waals surface area contributed by atoms with E-state index in [2.05, 4.69) is 24.3 Å². The molecule has 1 aliphatic rings. The summed E-state index contributed by atoms with van der Waals surface area (Å²) >= 11 is 0. The molecule has 0 unspecified atom stereocenters. The fraction of sp³-hybridized carbons (Fsp3) is 0.643. The van der Waals surface area contributed by atoms with Crippen molar-refractivity contribution in [3.8, 4) is 0 Å². The van der Waals surface area contributed by atoms with Crippen molar-refractivity contribution in [1.82, 2.24) is 4.98 Å². The Kier molecular flexibility index (Phi) is 4.32. The Labute approximate surface area is 124 Å². The number of nitrogens with two attached hydrogens (primary N) is 1. The third kappa shape index (κ3) is 3.41. The fourth-order valence-corrected chi connectivity index (χ4v) is 2.87. The first-order valence-corrected chi connectivity index (χ1v) is 7.19. The third-order valence-corrected chi connectivity index (χ3v) is 4.39. The molecule has 0 atom stereocenters. The number of nitrogen functional groups attached to an aromatic ring is 1. The Hall–Kier alpha value is -1.89. The molecule has 0 bridgehead atoms. The number of hydrogen-bond acceptors (Lipinski definition) is 6. The summed E-state index contributed by atoms with van der Waals surface area (Å²) in [7, 11) is 1.87. The van der Waals surface area contributed by atoms with Gasteiger partial charge in [-0.15, -0.1) is 0 Å². The van der Waals surface area contributed by atoms with Gasteiger partial charge >= 0.3 is 5.69 Å². The third-order valence-electron chi connectivity index (χ3n) is 4.39. The van der Waals surface area contributed by atoms with Crippen LogP contribution in [0.3, 0.4) is 0 Å². The van der Waals surface area contributed by atoms with Crippen LogP contribution in [0.2, 0.25) is 0 Å². The lowest BCUT2D eigenvalue weighted by Crippen LogP contribution is -2.38. The van der Waals surface area contributed by atoms with E-state index in [9.17, 15) is 10.1 Å². The molecule has 0 aliphatic heterocycles. The summed E-state index contributed by atoms with van der Waals surface area (Å²) in [4.78, 5) is 17.0. The molecule has 7 heteroatoms. The van der Waals surface area contributed by atoms with Crippen molar-refractivity contribution < 1.29 is 4.92 Å². The van der Waals surface area contributed by atoms with E-state index in [0.717, 1.165) is 25.7 Å². The zero-order valence-electron chi connectivity index (χ0n) is 12.8. The molecule has 0 spiro atoms. The van der Waals surface area contributed by atoms with Gasteiger partial charge in [-0.1, -0.05) is 13.8 Å². The van der Waals surface area contributed by atoms with Gasteiger partial charge in [0.2, 0.25) is 5.82 Å². The number of nitrogens with one attached hydrogen (secondary N) is 1. The molecule has 0 amide bonds. The van der Waals surface area contributed by atoms with Gasteiger partial charge in [0.15, 0.2) is 0 Å². The summed E-state index contributed by atoms with van der Waals surface area (Å²) in [5.41, 5.74) is 2.82. The smallest absolute Gasteiger partial charge is 0.311 e. The van der Waals surface area contributed by atoms with Crippen molar-refractivity contribution in [2.75, 3.05) is 17.4 Å². The molecule has 1 aromatic rings. The van der Waals surface area contributed by atoms with Crippen LogP contribution in [0.15, 0.2) is 12.1 Å². The van der Waals surface area contributed by atoms with Crippen LogP contribution in [0.25, 0.3) is 0 Å². The molecular weight excluding hydrogens is 270 g/mol. The van der Waals surface area contributed by atoms with Crippen molar-refractivity contribution >= 4 is 17.3 Å². The van der Waals surface area contributed by atoms with Crippen LogP contribution in [0.5, 0.6) is 0 Å². The molecule has 21 heavy (non-hydrogen) atoms. The molecule has 2 rings (SSSR count). The van der Waals surface area contributed by atoms with Crippen LogP contribution < -0.4 is 16.2 Å². The maximum absolute atomic E-state index is 11.2. The number of anilines is 2. The normalized spacial score (nSPS) is 18.3. The van der Waals surface area contributed by atoms with Gasteiger partial charge < -0.3 is 10.3 Å². The first kappa shape index (κ1) is 15.5. The van der Waals surface area contributed by atoms with Gasteiger partial charge in [0.1, 0.15) is 5.82 Å². The number of hydrogen-bond donors (Lipinski definition) is 2. The molecule has 0 saturated heterocycles. The lowest BCUT2D eigenvalue weighted by molar-refractivity contribution is -0.384. The topological polar surface area (TPSA) is 97.3 Å². The van der Waals surface area contributed by atoms with Crippen molar-refractivity contribution in [2.45, 2.75) is 45.6 Å². The minimum absolute atomic E-state index is 0.0151. The van der Waals surface area contributed by atoms with Crippen molar-refractivity contribution in [2.24, 2.45) is 11.3 Å². The Bertz CT molecular complexity index is 522. The van der Waals surface area contributed by atoms with E-state index in [-0.39, 0.29) is 11.7 Å².